The molecule has 1 aromatic heterocycles. The number of ether oxygens (including phenoxy) is 1. The lowest BCUT2D eigenvalue weighted by atomic mass is 10.1. The van der Waals surface area contributed by atoms with Gasteiger partial charge in [0.1, 0.15) is 24.3 Å². The van der Waals surface area contributed by atoms with E-state index in [1.54, 1.807) is 6.08 Å². The molecule has 5 nitrogen and oxygen atoms in total. The number of hydrogen-bond donors (Lipinski definition) is 0. The number of aryl methyl sites for hydroxylation is 1. The Bertz CT molecular complexity index is 781. The molecule has 0 spiro atoms. The van der Waals surface area contributed by atoms with Gasteiger partial charge in [0.05, 0.1) is 5.57 Å². The molecule has 3 rings (SSSR count). The fourth-order valence-electron chi connectivity index (χ4n) is 2.81. The maximum absolute atomic E-state index is 9.57. The van der Waals surface area contributed by atoms with Crippen LogP contribution in [-0.4, -0.2) is 21.4 Å². The maximum Gasteiger partial charge on any atom is 0.174 e. The van der Waals surface area contributed by atoms with Gasteiger partial charge in [0.25, 0.3) is 0 Å². The molecular weight excluding hydrogens is 300 g/mol. The number of hydrogen-bond acceptors (Lipinski definition) is 4. The van der Waals surface area contributed by atoms with Gasteiger partial charge in [-0.15, -0.1) is 10.2 Å². The van der Waals surface area contributed by atoms with Gasteiger partial charge in [-0.1, -0.05) is 31.2 Å². The summed E-state index contributed by atoms with van der Waals surface area (Å²) in [6.45, 7) is 4.98. The molecule has 1 aliphatic rings. The van der Waals surface area contributed by atoms with Crippen LogP contribution in [0.25, 0.3) is 11.6 Å². The maximum atomic E-state index is 9.57. The van der Waals surface area contributed by atoms with Crippen LogP contribution in [0, 0.1) is 11.3 Å². The van der Waals surface area contributed by atoms with Crippen molar-refractivity contribution < 1.29 is 4.74 Å². The van der Waals surface area contributed by atoms with Gasteiger partial charge in [0.15, 0.2) is 5.82 Å². The van der Waals surface area contributed by atoms with E-state index in [0.29, 0.717) is 18.0 Å². The number of allylic oxidation sites excluding steroid dienone is 1. The lowest BCUT2D eigenvalue weighted by Crippen LogP contribution is -2.05. The highest BCUT2D eigenvalue weighted by molar-refractivity contribution is 5.87. The van der Waals surface area contributed by atoms with Gasteiger partial charge in [-0.2, -0.15) is 5.26 Å². The summed E-state index contributed by atoms with van der Waals surface area (Å²) in [6, 6.07) is 9.88. The standard InChI is InChI=1S/C19H20N4O/c1-2-12-24-17-9-7-15(8-10-17)13-16(14-20)19-22-21-18-6-4-3-5-11-23(18)19/h2,7-10,13H,1,3-6,11-12H2/b16-13+. The van der Waals surface area contributed by atoms with Gasteiger partial charge in [-0.25, -0.2) is 0 Å². The largest absolute Gasteiger partial charge is 0.490 e. The molecule has 1 aromatic carbocycles. The Balaban J connectivity index is 1.86. The average molecular weight is 320 g/mol. The highest BCUT2D eigenvalue weighted by Gasteiger charge is 2.17. The Morgan fingerprint density at radius 3 is 2.83 bits per heavy atom. The number of fused-ring (bicyclic) bond motifs is 1. The van der Waals surface area contributed by atoms with Crippen molar-refractivity contribution >= 4 is 11.6 Å². The number of rotatable bonds is 5. The number of nitrogens with zero attached hydrogens (tertiary/aromatic N) is 4. The van der Waals surface area contributed by atoms with Gasteiger partial charge in [-0.05, 0) is 36.6 Å². The molecule has 2 heterocycles. The van der Waals surface area contributed by atoms with Crippen molar-refractivity contribution in [2.24, 2.45) is 0 Å². The van der Waals surface area contributed by atoms with Crippen LogP contribution < -0.4 is 4.74 Å². The Morgan fingerprint density at radius 2 is 2.08 bits per heavy atom. The van der Waals surface area contributed by atoms with Gasteiger partial charge >= 0.3 is 0 Å². The molecule has 0 N–H and O–H groups in total. The minimum Gasteiger partial charge on any atom is -0.490 e. The van der Waals surface area contributed by atoms with Crippen LogP contribution >= 0.6 is 0 Å². The zero-order valence-corrected chi connectivity index (χ0v) is 13.6. The normalized spacial score (nSPS) is 14.4. The molecule has 0 bridgehead atoms. The molecule has 0 radical (unpaired) electrons. The van der Waals surface area contributed by atoms with Crippen LogP contribution in [0.1, 0.15) is 36.5 Å². The first-order valence-electron chi connectivity index (χ1n) is 8.20. The molecule has 122 valence electrons. The summed E-state index contributed by atoms with van der Waals surface area (Å²) in [4.78, 5) is 0. The average Bonchev–Trinajstić information content (AvgIpc) is 2.86. The van der Waals surface area contributed by atoms with E-state index in [1.807, 2.05) is 30.3 Å². The predicted octanol–water partition coefficient (Wildman–Crippen LogP) is 3.63. The quantitative estimate of drug-likeness (QED) is 0.623. The number of aromatic nitrogens is 3. The SMILES string of the molecule is C=CCOc1ccc(/C=C(\C#N)c2nnc3n2CCCCC3)cc1. The van der Waals surface area contributed by atoms with E-state index >= 15 is 0 Å². The Hall–Kier alpha value is -2.87. The molecule has 0 unspecified atom stereocenters. The van der Waals surface area contributed by atoms with Crippen molar-refractivity contribution in [2.45, 2.75) is 32.2 Å². The highest BCUT2D eigenvalue weighted by Crippen LogP contribution is 2.22. The molecule has 0 aliphatic carbocycles. The van der Waals surface area contributed by atoms with Crippen molar-refractivity contribution in [3.8, 4) is 11.8 Å². The minimum atomic E-state index is 0.477. The molecule has 1 aliphatic heterocycles. The van der Waals surface area contributed by atoms with E-state index < -0.39 is 0 Å². The fourth-order valence-corrected chi connectivity index (χ4v) is 2.81. The third-order valence-corrected chi connectivity index (χ3v) is 4.03. The van der Waals surface area contributed by atoms with E-state index in [4.69, 9.17) is 4.74 Å². The Kier molecular flexibility index (Phi) is 5.07. The third-order valence-electron chi connectivity index (χ3n) is 4.03. The second-order valence-corrected chi connectivity index (χ2v) is 5.74. The molecule has 0 amide bonds. The molecule has 0 saturated carbocycles. The molecule has 0 fully saturated rings. The van der Waals surface area contributed by atoms with E-state index in [2.05, 4.69) is 27.4 Å². The van der Waals surface area contributed by atoms with Crippen LogP contribution in [0.15, 0.2) is 36.9 Å². The van der Waals surface area contributed by atoms with Gasteiger partial charge in [0.2, 0.25) is 0 Å². The van der Waals surface area contributed by atoms with Crippen molar-refractivity contribution in [1.82, 2.24) is 14.8 Å². The first-order valence-corrected chi connectivity index (χ1v) is 8.20. The van der Waals surface area contributed by atoms with Crippen LogP contribution in [0.4, 0.5) is 0 Å². The molecule has 0 saturated heterocycles. The smallest absolute Gasteiger partial charge is 0.174 e. The third kappa shape index (κ3) is 3.54. The topological polar surface area (TPSA) is 63.7 Å². The lowest BCUT2D eigenvalue weighted by Gasteiger charge is -2.06. The first-order chi connectivity index (χ1) is 11.8. The summed E-state index contributed by atoms with van der Waals surface area (Å²) in [5.74, 6) is 2.43. The summed E-state index contributed by atoms with van der Waals surface area (Å²) in [5.41, 5.74) is 1.47. The van der Waals surface area contributed by atoms with E-state index in [9.17, 15) is 5.26 Å². The first kappa shape index (κ1) is 16.0. The second kappa shape index (κ2) is 7.60. The summed E-state index contributed by atoms with van der Waals surface area (Å²) in [6.07, 6.45) is 7.92. The number of nitriles is 1. The van der Waals surface area contributed by atoms with E-state index in [1.165, 1.54) is 6.42 Å². The number of benzene rings is 1. The van der Waals surface area contributed by atoms with Crippen molar-refractivity contribution in [2.75, 3.05) is 6.61 Å². The molecule has 2 aromatic rings. The summed E-state index contributed by atoms with van der Waals surface area (Å²) in [5, 5.41) is 18.1. The van der Waals surface area contributed by atoms with Gasteiger partial charge in [0, 0.05) is 13.0 Å². The van der Waals surface area contributed by atoms with Crippen LogP contribution in [0.5, 0.6) is 5.75 Å². The summed E-state index contributed by atoms with van der Waals surface area (Å²) < 4.78 is 7.56. The summed E-state index contributed by atoms with van der Waals surface area (Å²) >= 11 is 0. The summed E-state index contributed by atoms with van der Waals surface area (Å²) in [7, 11) is 0. The van der Waals surface area contributed by atoms with Crippen molar-refractivity contribution in [1.29, 1.82) is 5.26 Å². The lowest BCUT2D eigenvalue weighted by molar-refractivity contribution is 0.363. The van der Waals surface area contributed by atoms with Gasteiger partial charge < -0.3 is 9.30 Å². The molecular formula is C19H20N4O. The Labute approximate surface area is 141 Å². The molecule has 5 heteroatoms. The minimum absolute atomic E-state index is 0.477. The zero-order valence-electron chi connectivity index (χ0n) is 13.6. The monoisotopic (exact) mass is 320 g/mol. The molecule has 24 heavy (non-hydrogen) atoms. The van der Waals surface area contributed by atoms with Crippen LogP contribution in [0.3, 0.4) is 0 Å². The zero-order chi connectivity index (χ0) is 16.8. The Morgan fingerprint density at radius 1 is 1.25 bits per heavy atom. The van der Waals surface area contributed by atoms with Crippen molar-refractivity contribution in [3.63, 3.8) is 0 Å². The predicted molar refractivity (Wildman–Crippen MR) is 93.2 cm³/mol. The van der Waals surface area contributed by atoms with Gasteiger partial charge in [-0.3, -0.25) is 0 Å². The fraction of sp³-hybridized carbons (Fsp3) is 0.316. The van der Waals surface area contributed by atoms with Crippen LogP contribution in [-0.2, 0) is 13.0 Å². The van der Waals surface area contributed by atoms with Crippen LogP contribution in [0.2, 0.25) is 0 Å². The second-order valence-electron chi connectivity index (χ2n) is 5.74. The van der Waals surface area contributed by atoms with E-state index in [0.717, 1.165) is 42.9 Å². The highest BCUT2D eigenvalue weighted by atomic mass is 16.5. The van der Waals surface area contributed by atoms with E-state index in [-0.39, 0.29) is 0 Å². The molecule has 0 atom stereocenters. The van der Waals surface area contributed by atoms with Crippen molar-refractivity contribution in [3.05, 3.63) is 54.1 Å².